The Balaban J connectivity index is 0.000000244. The van der Waals surface area contributed by atoms with Gasteiger partial charge >= 0.3 is 12.2 Å². The summed E-state index contributed by atoms with van der Waals surface area (Å²) in [7, 11) is 0. The van der Waals surface area contributed by atoms with Crippen LogP contribution in [0.2, 0.25) is 0 Å². The Morgan fingerprint density at radius 1 is 0.727 bits per heavy atom. The smallest absolute Gasteiger partial charge is 0.429 e. The monoisotopic (exact) mass is 737 g/mol. The van der Waals surface area contributed by atoms with Crippen LogP contribution in [0.1, 0.15) is 65.5 Å². The zero-order valence-corrected chi connectivity index (χ0v) is 30.2. The van der Waals surface area contributed by atoms with E-state index in [0.29, 0.717) is 13.1 Å². The number of ether oxygens (including phenoxy) is 2. The number of alkyl carbamates (subject to hydrolysis) is 1. The van der Waals surface area contributed by atoms with Gasteiger partial charge in [-0.1, -0.05) is 12.1 Å². The highest BCUT2D eigenvalue weighted by molar-refractivity contribution is 9.11. The molecule has 12 heteroatoms. The molecular weight excluding hydrogens is 694 g/mol. The number of hydrazine groups is 2. The number of carbonyl (C=O) groups is 3. The highest BCUT2D eigenvalue weighted by atomic mass is 79.9. The molecule has 3 amide bonds. The molecule has 44 heavy (non-hydrogen) atoms. The summed E-state index contributed by atoms with van der Waals surface area (Å²) >= 11 is 7.13. The molecule has 2 saturated heterocycles. The highest BCUT2D eigenvalue weighted by Gasteiger charge is 2.32. The first kappa shape index (κ1) is 35.5. The van der Waals surface area contributed by atoms with Crippen molar-refractivity contribution in [2.45, 2.75) is 79.4 Å². The van der Waals surface area contributed by atoms with Gasteiger partial charge in [0.25, 0.3) is 5.91 Å². The van der Waals surface area contributed by atoms with Crippen molar-refractivity contribution in [1.82, 2.24) is 15.3 Å². The second-order valence-corrected chi connectivity index (χ2v) is 14.5. The average Bonchev–Trinajstić information content (AvgIpc) is 3.56. The third-order valence-electron chi connectivity index (χ3n) is 6.50. The van der Waals surface area contributed by atoms with E-state index in [1.54, 1.807) is 30.8 Å². The molecule has 0 aliphatic carbocycles. The Bertz CT molecular complexity index is 1340. The number of benzene rings is 2. The molecule has 2 fully saturated rings. The molecule has 2 heterocycles. The van der Waals surface area contributed by atoms with Crippen molar-refractivity contribution in [3.05, 3.63) is 56.5 Å². The van der Waals surface area contributed by atoms with Crippen LogP contribution in [0.4, 0.5) is 21.0 Å². The van der Waals surface area contributed by atoms with Gasteiger partial charge in [0.15, 0.2) is 0 Å². The van der Waals surface area contributed by atoms with Crippen LogP contribution in [-0.2, 0) is 14.3 Å². The highest BCUT2D eigenvalue weighted by Crippen LogP contribution is 2.32. The Labute approximate surface area is 278 Å². The molecule has 0 saturated carbocycles. The zero-order valence-electron chi connectivity index (χ0n) is 27.0. The van der Waals surface area contributed by atoms with Crippen LogP contribution in [-0.4, -0.2) is 72.0 Å². The fraction of sp³-hybridized carbons (Fsp3) is 0.531. The van der Waals surface area contributed by atoms with Crippen LogP contribution >= 0.6 is 31.9 Å². The van der Waals surface area contributed by atoms with Crippen LogP contribution in [0.5, 0.6) is 0 Å². The molecule has 0 atom stereocenters. The number of carbonyl (C=O) groups excluding carboxylic acids is 3. The molecule has 0 aromatic heterocycles. The minimum absolute atomic E-state index is 0.0884. The van der Waals surface area contributed by atoms with Crippen LogP contribution in [0.15, 0.2) is 45.3 Å². The summed E-state index contributed by atoms with van der Waals surface area (Å²) in [5.74, 6) is -0.161. The van der Waals surface area contributed by atoms with E-state index in [0.717, 1.165) is 51.8 Å². The third-order valence-corrected chi connectivity index (χ3v) is 7.77. The van der Waals surface area contributed by atoms with Crippen molar-refractivity contribution in [3.8, 4) is 0 Å². The maximum Gasteiger partial charge on any atom is 0.429 e. The Morgan fingerprint density at radius 3 is 1.64 bits per heavy atom. The van der Waals surface area contributed by atoms with Crippen LogP contribution in [0, 0.1) is 13.8 Å². The van der Waals surface area contributed by atoms with E-state index >= 15 is 0 Å². The minimum Gasteiger partial charge on any atom is -0.444 e. The van der Waals surface area contributed by atoms with E-state index in [1.807, 2.05) is 75.0 Å². The number of nitrogens with zero attached hydrogens (tertiary/aromatic N) is 4. The van der Waals surface area contributed by atoms with Gasteiger partial charge in [-0.3, -0.25) is 19.8 Å². The molecule has 242 valence electrons. The van der Waals surface area contributed by atoms with Gasteiger partial charge in [-0.15, -0.1) is 0 Å². The number of amides is 3. The topological polar surface area (TPSA) is 94.7 Å². The molecule has 2 aromatic rings. The van der Waals surface area contributed by atoms with E-state index in [4.69, 9.17) is 9.47 Å². The van der Waals surface area contributed by atoms with Gasteiger partial charge in [-0.25, -0.2) is 14.6 Å². The lowest BCUT2D eigenvalue weighted by Gasteiger charge is -2.32. The van der Waals surface area contributed by atoms with E-state index in [9.17, 15) is 14.4 Å². The first-order chi connectivity index (χ1) is 20.4. The predicted molar refractivity (Wildman–Crippen MR) is 181 cm³/mol. The number of rotatable bonds is 4. The van der Waals surface area contributed by atoms with E-state index in [2.05, 4.69) is 43.2 Å². The van der Waals surface area contributed by atoms with Gasteiger partial charge in [0, 0.05) is 35.1 Å². The number of aryl methyl sites for hydroxylation is 2. The first-order valence-electron chi connectivity index (χ1n) is 14.8. The van der Waals surface area contributed by atoms with Crippen LogP contribution in [0.3, 0.4) is 0 Å². The summed E-state index contributed by atoms with van der Waals surface area (Å²) in [6.07, 6.45) is 0.957. The van der Waals surface area contributed by atoms with E-state index < -0.39 is 17.3 Å². The minimum atomic E-state index is -0.585. The zero-order chi connectivity index (χ0) is 32.8. The van der Waals surface area contributed by atoms with Gasteiger partial charge in [-0.2, -0.15) is 0 Å². The molecule has 2 aliphatic rings. The SMILES string of the molecule is Cc1ccc(N2CCCN2C(=O)CNC(=O)OC(C)(C)C)c(Br)c1.Cc1ccc(N2CCCN2C(=O)OC(C)(C)C)c(Br)c1. The van der Waals surface area contributed by atoms with Crippen molar-refractivity contribution >= 4 is 61.3 Å². The summed E-state index contributed by atoms with van der Waals surface area (Å²) in [5, 5.41) is 9.81. The molecule has 1 N–H and O–H groups in total. The lowest BCUT2D eigenvalue weighted by atomic mass is 10.2. The third kappa shape index (κ3) is 10.3. The fourth-order valence-corrected chi connectivity index (χ4v) is 6.08. The van der Waals surface area contributed by atoms with Crippen molar-refractivity contribution in [3.63, 3.8) is 0 Å². The number of nitrogens with one attached hydrogen (secondary N) is 1. The summed E-state index contributed by atoms with van der Waals surface area (Å²) in [6, 6.07) is 12.2. The average molecular weight is 740 g/mol. The Kier molecular flexibility index (Phi) is 12.0. The number of anilines is 2. The molecule has 4 rings (SSSR count). The number of halogens is 2. The molecule has 0 unspecified atom stereocenters. The molecule has 0 bridgehead atoms. The normalized spacial score (nSPS) is 15.1. The van der Waals surface area contributed by atoms with Crippen molar-refractivity contribution in [2.75, 3.05) is 42.7 Å². The van der Waals surface area contributed by atoms with Crippen molar-refractivity contribution in [2.24, 2.45) is 0 Å². The first-order valence-corrected chi connectivity index (χ1v) is 16.4. The molecule has 2 aliphatic heterocycles. The summed E-state index contributed by atoms with van der Waals surface area (Å²) < 4.78 is 12.6. The van der Waals surface area contributed by atoms with Crippen LogP contribution in [0.25, 0.3) is 0 Å². The lowest BCUT2D eigenvalue weighted by molar-refractivity contribution is -0.129. The second-order valence-electron chi connectivity index (χ2n) is 12.8. The summed E-state index contributed by atoms with van der Waals surface area (Å²) in [5.41, 5.74) is 3.22. The molecular formula is C32H45Br2N5O5. The summed E-state index contributed by atoms with van der Waals surface area (Å²) in [4.78, 5) is 36.4. The number of hydrogen-bond acceptors (Lipinski definition) is 7. The predicted octanol–water partition coefficient (Wildman–Crippen LogP) is 7.36. The molecule has 10 nitrogen and oxygen atoms in total. The van der Waals surface area contributed by atoms with Crippen LogP contribution < -0.4 is 15.3 Å². The maximum atomic E-state index is 12.5. The van der Waals surface area contributed by atoms with Gasteiger partial charge in [0.1, 0.15) is 17.7 Å². The molecule has 2 aromatic carbocycles. The molecule has 0 radical (unpaired) electrons. The van der Waals surface area contributed by atoms with E-state index in [1.165, 1.54) is 5.56 Å². The van der Waals surface area contributed by atoms with E-state index in [-0.39, 0.29) is 18.5 Å². The molecule has 0 spiro atoms. The quantitative estimate of drug-likeness (QED) is 0.351. The van der Waals surface area contributed by atoms with Gasteiger partial charge in [-0.05, 0) is 135 Å². The van der Waals surface area contributed by atoms with Crippen molar-refractivity contribution < 1.29 is 23.9 Å². The lowest BCUT2D eigenvalue weighted by Crippen LogP contribution is -2.47. The Morgan fingerprint density at radius 2 is 1.18 bits per heavy atom. The second kappa shape index (κ2) is 14.9. The van der Waals surface area contributed by atoms with Gasteiger partial charge < -0.3 is 14.8 Å². The van der Waals surface area contributed by atoms with Gasteiger partial charge in [0.05, 0.1) is 11.4 Å². The number of hydrogen-bond donors (Lipinski definition) is 1. The largest absolute Gasteiger partial charge is 0.444 e. The maximum absolute atomic E-state index is 12.5. The van der Waals surface area contributed by atoms with Crippen molar-refractivity contribution in [1.29, 1.82) is 0 Å². The summed E-state index contributed by atoms with van der Waals surface area (Å²) in [6.45, 7) is 17.9. The Hall–Kier alpha value is -2.99. The standard InChI is InChI=1S/C17H24BrN3O3.C15H21BrN2O2/c1-12-6-7-14(13(18)10-12)20-8-5-9-21(20)15(22)11-19-16(23)24-17(2,3)4;1-11-6-7-13(12(16)10-11)17-8-5-9-18(17)14(19)20-15(2,3)4/h6-7,10H,5,8-9,11H2,1-4H3,(H,19,23);6-7,10H,5,8-9H2,1-4H3. The fourth-order valence-electron chi connectivity index (χ4n) is 4.68. The van der Waals surface area contributed by atoms with Gasteiger partial charge in [0.2, 0.25) is 0 Å².